The van der Waals surface area contributed by atoms with E-state index >= 15 is 0 Å². The van der Waals surface area contributed by atoms with Crippen LogP contribution in [0.2, 0.25) is 0 Å². The summed E-state index contributed by atoms with van der Waals surface area (Å²) in [7, 11) is 3.76. The molecule has 0 saturated heterocycles. The first-order valence-electron chi connectivity index (χ1n) is 11.3. The summed E-state index contributed by atoms with van der Waals surface area (Å²) in [5.41, 5.74) is 11.3. The Hall–Kier alpha value is -3.94. The summed E-state index contributed by atoms with van der Waals surface area (Å²) in [6.45, 7) is 0.324. The van der Waals surface area contributed by atoms with Gasteiger partial charge in [-0.15, -0.1) is 5.12 Å². The normalized spacial score (nSPS) is 14.6. The first kappa shape index (κ1) is 21.9. The number of benzene rings is 3. The molecule has 0 bridgehead atoms. The number of carbonyl (C=O) groups is 2. The molecule has 4 aromatic rings. The largest absolute Gasteiger partial charge is 0.354 e. The van der Waals surface area contributed by atoms with Crippen molar-refractivity contribution in [3.63, 3.8) is 0 Å². The van der Waals surface area contributed by atoms with Crippen LogP contribution >= 0.6 is 0 Å². The van der Waals surface area contributed by atoms with Crippen molar-refractivity contribution >= 4 is 22.7 Å². The first-order chi connectivity index (χ1) is 16.5. The predicted molar refractivity (Wildman–Crippen MR) is 133 cm³/mol. The number of amides is 2. The number of rotatable bonds is 6. The van der Waals surface area contributed by atoms with E-state index in [1.807, 2.05) is 97.9 Å². The minimum Gasteiger partial charge on any atom is -0.354 e. The maximum atomic E-state index is 13.3. The van der Waals surface area contributed by atoms with Crippen LogP contribution in [0.3, 0.4) is 0 Å². The van der Waals surface area contributed by atoms with E-state index in [-0.39, 0.29) is 11.8 Å². The van der Waals surface area contributed by atoms with E-state index in [0.29, 0.717) is 18.5 Å². The Morgan fingerprint density at radius 3 is 2.41 bits per heavy atom. The van der Waals surface area contributed by atoms with Gasteiger partial charge in [-0.05, 0) is 43.8 Å². The van der Waals surface area contributed by atoms with Crippen molar-refractivity contribution < 1.29 is 9.59 Å². The number of hydrogen-bond acceptors (Lipinski definition) is 4. The molecule has 0 aliphatic carbocycles. The summed E-state index contributed by atoms with van der Waals surface area (Å²) in [5.74, 6) is -0.444. The Labute approximate surface area is 198 Å². The SMILES string of the molecule is CN(C)[C@@H](Cc1ccccc1)C(=O)NN1Cc2c(-c3ccccc3)[nH]c3cccc(c23)C(=O)N1. The van der Waals surface area contributed by atoms with E-state index in [4.69, 9.17) is 0 Å². The predicted octanol–water partition coefficient (Wildman–Crippen LogP) is 3.50. The number of aromatic nitrogens is 1. The zero-order valence-corrected chi connectivity index (χ0v) is 19.2. The smallest absolute Gasteiger partial charge is 0.267 e. The Bertz CT molecular complexity index is 1330. The highest BCUT2D eigenvalue weighted by molar-refractivity contribution is 6.09. The van der Waals surface area contributed by atoms with Crippen LogP contribution in [0.4, 0.5) is 0 Å². The average molecular weight is 454 g/mol. The number of nitrogens with one attached hydrogen (secondary N) is 3. The number of hydrazine groups is 2. The van der Waals surface area contributed by atoms with Gasteiger partial charge in [-0.3, -0.25) is 25.3 Å². The number of nitrogens with zero attached hydrogens (tertiary/aromatic N) is 2. The molecule has 0 fully saturated rings. The van der Waals surface area contributed by atoms with Crippen molar-refractivity contribution in [2.24, 2.45) is 0 Å². The summed E-state index contributed by atoms with van der Waals surface area (Å²) in [4.78, 5) is 31.8. The molecule has 2 heterocycles. The lowest BCUT2D eigenvalue weighted by molar-refractivity contribution is -0.132. The molecule has 1 aromatic heterocycles. The Morgan fingerprint density at radius 1 is 1.00 bits per heavy atom. The van der Waals surface area contributed by atoms with Crippen LogP contribution in [-0.2, 0) is 17.8 Å². The fourth-order valence-corrected chi connectivity index (χ4v) is 4.52. The first-order valence-corrected chi connectivity index (χ1v) is 11.3. The summed E-state index contributed by atoms with van der Waals surface area (Å²) in [5, 5.41) is 2.38. The molecule has 0 radical (unpaired) electrons. The number of carbonyl (C=O) groups excluding carboxylic acids is 2. The van der Waals surface area contributed by atoms with E-state index in [2.05, 4.69) is 15.8 Å². The van der Waals surface area contributed by atoms with Gasteiger partial charge in [0.2, 0.25) is 0 Å². The second-order valence-corrected chi connectivity index (χ2v) is 8.74. The molecule has 1 aliphatic rings. The summed E-state index contributed by atoms with van der Waals surface area (Å²) in [6, 6.07) is 25.2. The molecule has 7 nitrogen and oxygen atoms in total. The molecule has 7 heteroatoms. The van der Waals surface area contributed by atoms with Gasteiger partial charge in [0.15, 0.2) is 0 Å². The van der Waals surface area contributed by atoms with Gasteiger partial charge in [-0.2, -0.15) is 0 Å². The minimum absolute atomic E-state index is 0.187. The zero-order chi connectivity index (χ0) is 23.7. The molecule has 3 aromatic carbocycles. The summed E-state index contributed by atoms with van der Waals surface area (Å²) in [6.07, 6.45) is 0.561. The highest BCUT2D eigenvalue weighted by Crippen LogP contribution is 2.34. The van der Waals surface area contributed by atoms with Gasteiger partial charge in [-0.1, -0.05) is 66.7 Å². The third-order valence-electron chi connectivity index (χ3n) is 6.23. The maximum Gasteiger partial charge on any atom is 0.267 e. The molecular weight excluding hydrogens is 426 g/mol. The molecule has 2 amide bonds. The van der Waals surface area contributed by atoms with Gasteiger partial charge in [0.1, 0.15) is 0 Å². The molecule has 1 aliphatic heterocycles. The molecule has 5 rings (SSSR count). The van der Waals surface area contributed by atoms with Crippen LogP contribution in [0, 0.1) is 0 Å². The lowest BCUT2D eigenvalue weighted by Gasteiger charge is -2.28. The van der Waals surface area contributed by atoms with Gasteiger partial charge in [0, 0.05) is 16.5 Å². The topological polar surface area (TPSA) is 80.5 Å². The van der Waals surface area contributed by atoms with Crippen LogP contribution in [0.1, 0.15) is 21.5 Å². The third kappa shape index (κ3) is 4.19. The molecular formula is C27H27N5O2. The third-order valence-corrected chi connectivity index (χ3v) is 6.23. The molecule has 0 unspecified atom stereocenters. The lowest BCUT2D eigenvalue weighted by atomic mass is 10.0. The molecule has 34 heavy (non-hydrogen) atoms. The molecule has 1 atom stereocenters. The van der Waals surface area contributed by atoms with Crippen LogP contribution in [0.25, 0.3) is 22.2 Å². The lowest BCUT2D eigenvalue weighted by Crippen LogP contribution is -2.56. The summed E-state index contributed by atoms with van der Waals surface area (Å²) >= 11 is 0. The van der Waals surface area contributed by atoms with Crippen LogP contribution < -0.4 is 10.9 Å². The average Bonchev–Trinajstić information content (AvgIpc) is 3.14. The fraction of sp³-hybridized carbons (Fsp3) is 0.185. The number of aromatic amines is 1. The molecule has 0 spiro atoms. The van der Waals surface area contributed by atoms with E-state index < -0.39 is 6.04 Å². The van der Waals surface area contributed by atoms with Crippen molar-refractivity contribution in [3.8, 4) is 11.3 Å². The van der Waals surface area contributed by atoms with Gasteiger partial charge < -0.3 is 4.98 Å². The Morgan fingerprint density at radius 2 is 1.71 bits per heavy atom. The summed E-state index contributed by atoms with van der Waals surface area (Å²) < 4.78 is 0. The monoisotopic (exact) mass is 453 g/mol. The molecule has 3 N–H and O–H groups in total. The van der Waals surface area contributed by atoms with E-state index in [0.717, 1.165) is 33.3 Å². The molecule has 0 saturated carbocycles. The number of H-pyrrole nitrogens is 1. The second-order valence-electron chi connectivity index (χ2n) is 8.74. The van der Waals surface area contributed by atoms with Gasteiger partial charge in [0.25, 0.3) is 11.8 Å². The van der Waals surface area contributed by atoms with Crippen molar-refractivity contribution in [2.75, 3.05) is 14.1 Å². The highest BCUT2D eigenvalue weighted by Gasteiger charge is 2.29. The van der Waals surface area contributed by atoms with Crippen molar-refractivity contribution in [1.29, 1.82) is 0 Å². The quantitative estimate of drug-likeness (QED) is 0.418. The van der Waals surface area contributed by atoms with E-state index in [1.165, 1.54) is 5.12 Å². The van der Waals surface area contributed by atoms with Gasteiger partial charge >= 0.3 is 0 Å². The van der Waals surface area contributed by atoms with Crippen molar-refractivity contribution in [3.05, 3.63) is 95.6 Å². The highest BCUT2D eigenvalue weighted by atomic mass is 16.2. The van der Waals surface area contributed by atoms with E-state index in [1.54, 1.807) is 0 Å². The maximum absolute atomic E-state index is 13.3. The van der Waals surface area contributed by atoms with Crippen LogP contribution in [-0.4, -0.2) is 47.0 Å². The van der Waals surface area contributed by atoms with Crippen molar-refractivity contribution in [1.82, 2.24) is 25.9 Å². The minimum atomic E-state index is -0.398. The fourth-order valence-electron chi connectivity index (χ4n) is 4.52. The van der Waals surface area contributed by atoms with Crippen molar-refractivity contribution in [2.45, 2.75) is 19.0 Å². The molecule has 172 valence electrons. The van der Waals surface area contributed by atoms with Crippen LogP contribution in [0.15, 0.2) is 78.9 Å². The second kappa shape index (κ2) is 9.13. The Balaban J connectivity index is 1.46. The van der Waals surface area contributed by atoms with Gasteiger partial charge in [-0.25, -0.2) is 0 Å². The Kier molecular flexibility index (Phi) is 5.88. The van der Waals surface area contributed by atoms with E-state index in [9.17, 15) is 9.59 Å². The zero-order valence-electron chi connectivity index (χ0n) is 19.2. The number of hydrogen-bond donors (Lipinski definition) is 3. The number of likely N-dealkylation sites (N-methyl/N-ethyl adjacent to an activating group) is 1. The standard InChI is InChI=1S/C27H27N5O2/c1-31(2)23(16-18-10-5-3-6-11-18)27(34)30-32-17-21-24-20(26(33)29-32)14-9-15-22(24)28-25(21)19-12-7-4-8-13-19/h3-15,23,28H,16-17H2,1-2H3,(H,29,33)(H,30,34)/t23-/m0/s1. The van der Waals surface area contributed by atoms with Gasteiger partial charge in [0.05, 0.1) is 23.8 Å². The van der Waals surface area contributed by atoms with Crippen LogP contribution in [0.5, 0.6) is 0 Å².